The second kappa shape index (κ2) is 9.33. The number of hydrogen-bond donors (Lipinski definition) is 0. The average Bonchev–Trinajstić information content (AvgIpc) is 3.18. The SMILES string of the molecule is O=C(CC[C@H]1CCCO1)N(CCc1ccccc1)Cc1ccncc1. The van der Waals surface area contributed by atoms with Gasteiger partial charge in [-0.05, 0) is 48.9 Å². The van der Waals surface area contributed by atoms with E-state index in [1.54, 1.807) is 12.4 Å². The first-order valence-corrected chi connectivity index (χ1v) is 9.13. The molecule has 1 saturated heterocycles. The summed E-state index contributed by atoms with van der Waals surface area (Å²) in [4.78, 5) is 18.8. The summed E-state index contributed by atoms with van der Waals surface area (Å²) >= 11 is 0. The van der Waals surface area contributed by atoms with Crippen molar-refractivity contribution >= 4 is 5.91 Å². The van der Waals surface area contributed by atoms with E-state index in [9.17, 15) is 4.79 Å². The number of amides is 1. The Kier molecular flexibility index (Phi) is 6.57. The molecule has 1 aliphatic heterocycles. The predicted octanol–water partition coefficient (Wildman–Crippen LogP) is 3.61. The highest BCUT2D eigenvalue weighted by molar-refractivity contribution is 5.76. The molecule has 1 fully saturated rings. The number of carbonyl (C=O) groups is 1. The van der Waals surface area contributed by atoms with Gasteiger partial charge in [0.15, 0.2) is 0 Å². The smallest absolute Gasteiger partial charge is 0.222 e. The third-order valence-corrected chi connectivity index (χ3v) is 4.69. The number of aromatic nitrogens is 1. The fourth-order valence-electron chi connectivity index (χ4n) is 3.22. The van der Waals surface area contributed by atoms with Gasteiger partial charge in [0.05, 0.1) is 6.10 Å². The van der Waals surface area contributed by atoms with E-state index in [2.05, 4.69) is 17.1 Å². The molecule has 4 heteroatoms. The van der Waals surface area contributed by atoms with Crippen LogP contribution in [0.5, 0.6) is 0 Å². The fraction of sp³-hybridized carbons (Fsp3) is 0.429. The third kappa shape index (κ3) is 5.68. The minimum absolute atomic E-state index is 0.211. The molecule has 0 unspecified atom stereocenters. The van der Waals surface area contributed by atoms with E-state index < -0.39 is 0 Å². The Hall–Kier alpha value is -2.20. The van der Waals surface area contributed by atoms with Crippen LogP contribution in [-0.2, 0) is 22.5 Å². The van der Waals surface area contributed by atoms with Gasteiger partial charge in [-0.25, -0.2) is 0 Å². The van der Waals surface area contributed by atoms with Gasteiger partial charge in [0.2, 0.25) is 5.91 Å². The molecule has 0 aliphatic carbocycles. The lowest BCUT2D eigenvalue weighted by Crippen LogP contribution is -2.33. The molecule has 1 aromatic carbocycles. The summed E-state index contributed by atoms with van der Waals surface area (Å²) in [6.07, 6.45) is 8.29. The molecular weight excluding hydrogens is 312 g/mol. The Morgan fingerprint density at radius 3 is 2.64 bits per heavy atom. The van der Waals surface area contributed by atoms with E-state index in [0.29, 0.717) is 13.0 Å². The lowest BCUT2D eigenvalue weighted by atomic mass is 10.1. The lowest BCUT2D eigenvalue weighted by molar-refractivity contribution is -0.132. The quantitative estimate of drug-likeness (QED) is 0.738. The predicted molar refractivity (Wildman–Crippen MR) is 98.0 cm³/mol. The van der Waals surface area contributed by atoms with Crippen LogP contribution in [0.3, 0.4) is 0 Å². The number of hydrogen-bond acceptors (Lipinski definition) is 3. The second-order valence-corrected chi connectivity index (χ2v) is 6.58. The monoisotopic (exact) mass is 338 g/mol. The molecule has 2 heterocycles. The molecule has 1 amide bonds. The molecule has 0 N–H and O–H groups in total. The second-order valence-electron chi connectivity index (χ2n) is 6.58. The van der Waals surface area contributed by atoms with E-state index in [-0.39, 0.29) is 12.0 Å². The van der Waals surface area contributed by atoms with Crippen molar-refractivity contribution in [3.63, 3.8) is 0 Å². The number of nitrogens with zero attached hydrogens (tertiary/aromatic N) is 2. The maximum absolute atomic E-state index is 12.8. The standard InChI is InChI=1S/C21H26N2O2/c24-21(9-8-20-7-4-16-25-20)23(17-19-10-13-22-14-11-19)15-12-18-5-2-1-3-6-18/h1-3,5-6,10-11,13-14,20H,4,7-9,12,15-17H2/t20-/m1/s1. The number of benzene rings is 1. The summed E-state index contributed by atoms with van der Waals surface area (Å²) in [7, 11) is 0. The van der Waals surface area contributed by atoms with Crippen LogP contribution in [0.4, 0.5) is 0 Å². The van der Waals surface area contributed by atoms with Crippen LogP contribution in [-0.4, -0.2) is 35.0 Å². The van der Waals surface area contributed by atoms with Gasteiger partial charge in [-0.1, -0.05) is 30.3 Å². The average molecular weight is 338 g/mol. The topological polar surface area (TPSA) is 42.4 Å². The Labute approximate surface area is 149 Å². The Bertz CT molecular complexity index is 639. The third-order valence-electron chi connectivity index (χ3n) is 4.69. The first-order chi connectivity index (χ1) is 12.3. The molecule has 1 aliphatic rings. The Morgan fingerprint density at radius 2 is 1.92 bits per heavy atom. The molecule has 25 heavy (non-hydrogen) atoms. The Morgan fingerprint density at radius 1 is 1.12 bits per heavy atom. The summed E-state index contributed by atoms with van der Waals surface area (Å²) < 4.78 is 5.65. The van der Waals surface area contributed by atoms with Crippen molar-refractivity contribution in [2.24, 2.45) is 0 Å². The molecule has 0 bridgehead atoms. The highest BCUT2D eigenvalue weighted by atomic mass is 16.5. The summed E-state index contributed by atoms with van der Waals surface area (Å²) in [5.41, 5.74) is 2.38. The lowest BCUT2D eigenvalue weighted by Gasteiger charge is -2.23. The summed E-state index contributed by atoms with van der Waals surface area (Å²) in [5.74, 6) is 0.211. The molecule has 0 saturated carbocycles. The molecule has 2 aromatic rings. The van der Waals surface area contributed by atoms with E-state index in [4.69, 9.17) is 4.74 Å². The fourth-order valence-corrected chi connectivity index (χ4v) is 3.22. The van der Waals surface area contributed by atoms with Gasteiger partial charge in [-0.2, -0.15) is 0 Å². The van der Waals surface area contributed by atoms with Crippen LogP contribution < -0.4 is 0 Å². The first-order valence-electron chi connectivity index (χ1n) is 9.13. The molecular formula is C21H26N2O2. The minimum Gasteiger partial charge on any atom is -0.378 e. The first kappa shape index (κ1) is 17.6. The van der Waals surface area contributed by atoms with Gasteiger partial charge in [0.1, 0.15) is 0 Å². The van der Waals surface area contributed by atoms with Gasteiger partial charge >= 0.3 is 0 Å². The van der Waals surface area contributed by atoms with E-state index in [0.717, 1.165) is 44.4 Å². The molecule has 1 atom stereocenters. The van der Waals surface area contributed by atoms with Crippen molar-refractivity contribution in [1.29, 1.82) is 0 Å². The molecule has 0 spiro atoms. The Balaban J connectivity index is 1.59. The van der Waals surface area contributed by atoms with Gasteiger partial charge in [-0.15, -0.1) is 0 Å². The van der Waals surface area contributed by atoms with E-state index in [1.807, 2.05) is 35.2 Å². The van der Waals surface area contributed by atoms with Crippen LogP contribution in [0.1, 0.15) is 36.8 Å². The van der Waals surface area contributed by atoms with Crippen molar-refractivity contribution in [1.82, 2.24) is 9.88 Å². The van der Waals surface area contributed by atoms with Gasteiger partial charge in [-0.3, -0.25) is 9.78 Å². The largest absolute Gasteiger partial charge is 0.378 e. The molecule has 132 valence electrons. The van der Waals surface area contributed by atoms with Crippen LogP contribution in [0.25, 0.3) is 0 Å². The zero-order valence-electron chi connectivity index (χ0n) is 14.6. The van der Waals surface area contributed by atoms with E-state index in [1.165, 1.54) is 5.56 Å². The van der Waals surface area contributed by atoms with Gasteiger partial charge in [0.25, 0.3) is 0 Å². The van der Waals surface area contributed by atoms with Crippen molar-refractivity contribution in [2.45, 2.75) is 44.8 Å². The molecule has 0 radical (unpaired) electrons. The summed E-state index contributed by atoms with van der Waals surface area (Å²) in [6, 6.07) is 14.3. The highest BCUT2D eigenvalue weighted by Crippen LogP contribution is 2.18. The van der Waals surface area contributed by atoms with Gasteiger partial charge in [0, 0.05) is 38.5 Å². The summed E-state index contributed by atoms with van der Waals surface area (Å²) in [5, 5.41) is 0. The maximum Gasteiger partial charge on any atom is 0.222 e. The van der Waals surface area contributed by atoms with Crippen LogP contribution in [0.15, 0.2) is 54.9 Å². The van der Waals surface area contributed by atoms with Crippen molar-refractivity contribution < 1.29 is 9.53 Å². The maximum atomic E-state index is 12.8. The summed E-state index contributed by atoms with van der Waals surface area (Å²) in [6.45, 7) is 2.21. The molecule has 4 nitrogen and oxygen atoms in total. The minimum atomic E-state index is 0.211. The zero-order valence-corrected chi connectivity index (χ0v) is 14.6. The van der Waals surface area contributed by atoms with Crippen LogP contribution in [0, 0.1) is 0 Å². The normalized spacial score (nSPS) is 16.7. The van der Waals surface area contributed by atoms with Crippen molar-refractivity contribution in [2.75, 3.05) is 13.2 Å². The number of carbonyl (C=O) groups excluding carboxylic acids is 1. The van der Waals surface area contributed by atoms with Gasteiger partial charge < -0.3 is 9.64 Å². The zero-order chi connectivity index (χ0) is 17.3. The van der Waals surface area contributed by atoms with Crippen molar-refractivity contribution in [3.8, 4) is 0 Å². The highest BCUT2D eigenvalue weighted by Gasteiger charge is 2.19. The van der Waals surface area contributed by atoms with E-state index >= 15 is 0 Å². The number of rotatable bonds is 8. The van der Waals surface area contributed by atoms with Crippen LogP contribution in [0.2, 0.25) is 0 Å². The molecule has 1 aromatic heterocycles. The number of pyridine rings is 1. The molecule has 3 rings (SSSR count). The van der Waals surface area contributed by atoms with Crippen LogP contribution >= 0.6 is 0 Å². The van der Waals surface area contributed by atoms with Crippen molar-refractivity contribution in [3.05, 3.63) is 66.0 Å². The number of ether oxygens (including phenoxy) is 1.